The van der Waals surface area contributed by atoms with E-state index in [1.165, 1.54) is 0 Å². The molecule has 2 aliphatic heterocycles. The van der Waals surface area contributed by atoms with E-state index in [0.717, 1.165) is 6.54 Å². The molecule has 3 fully saturated rings. The summed E-state index contributed by atoms with van der Waals surface area (Å²) >= 11 is 0. The molecule has 7 nitrogen and oxygen atoms in total. The Balaban J connectivity index is 0.00000208. The predicted molar refractivity (Wildman–Crippen MR) is 89.6 cm³/mol. The molecule has 1 saturated carbocycles. The lowest BCUT2D eigenvalue weighted by molar-refractivity contribution is -0.131. The number of carbonyl (C=O) groups is 3. The zero-order valence-electron chi connectivity index (χ0n) is 14.0. The maximum absolute atomic E-state index is 12.5. The molecule has 24 heavy (non-hydrogen) atoms. The van der Waals surface area contributed by atoms with Crippen LogP contribution in [-0.4, -0.2) is 54.5 Å². The quantitative estimate of drug-likeness (QED) is 0.498. The van der Waals surface area contributed by atoms with E-state index in [-0.39, 0.29) is 48.0 Å². The minimum Gasteiger partial charge on any atom is -0.389 e. The maximum atomic E-state index is 12.5. The number of carbonyl (C=O) groups excluding carboxylic acids is 3. The molecule has 0 aromatic rings. The lowest BCUT2D eigenvalue weighted by atomic mass is 9.95. The van der Waals surface area contributed by atoms with Gasteiger partial charge in [-0.1, -0.05) is 13.8 Å². The molecule has 2 saturated heterocycles. The summed E-state index contributed by atoms with van der Waals surface area (Å²) in [6.45, 7) is 5.10. The van der Waals surface area contributed by atoms with Crippen molar-refractivity contribution < 1.29 is 19.5 Å². The third-order valence-corrected chi connectivity index (χ3v) is 5.88. The van der Waals surface area contributed by atoms with Crippen LogP contribution < -0.4 is 16.0 Å². The molecule has 3 unspecified atom stereocenters. The number of piperidine rings is 1. The maximum Gasteiger partial charge on any atom is 0.238 e. The molecule has 3 aliphatic rings. The monoisotopic (exact) mass is 359 g/mol. The fourth-order valence-corrected chi connectivity index (χ4v) is 4.27. The van der Waals surface area contributed by atoms with Gasteiger partial charge < -0.3 is 21.1 Å². The van der Waals surface area contributed by atoms with Gasteiger partial charge in [0.15, 0.2) is 5.78 Å². The Morgan fingerprint density at radius 2 is 2.12 bits per heavy atom. The summed E-state index contributed by atoms with van der Waals surface area (Å²) in [7, 11) is 0. The molecule has 3 rings (SSSR count). The van der Waals surface area contributed by atoms with Gasteiger partial charge in [0.1, 0.15) is 6.61 Å². The number of nitrogens with one attached hydrogen (secondary N) is 3. The van der Waals surface area contributed by atoms with Crippen LogP contribution in [0.15, 0.2) is 0 Å². The first-order valence-electron chi connectivity index (χ1n) is 8.31. The molecule has 5 atom stereocenters. The number of aliphatic hydroxyl groups excluding tert-OH is 1. The number of rotatable bonds is 6. The van der Waals surface area contributed by atoms with Crippen LogP contribution in [0.1, 0.15) is 26.7 Å². The van der Waals surface area contributed by atoms with Gasteiger partial charge >= 0.3 is 0 Å². The fourth-order valence-electron chi connectivity index (χ4n) is 4.27. The molecule has 0 radical (unpaired) electrons. The van der Waals surface area contributed by atoms with E-state index in [9.17, 15) is 14.4 Å². The molecule has 8 heteroatoms. The van der Waals surface area contributed by atoms with Crippen LogP contribution in [0.5, 0.6) is 0 Å². The summed E-state index contributed by atoms with van der Waals surface area (Å²) in [4.78, 5) is 36.2. The zero-order chi connectivity index (χ0) is 16.8. The van der Waals surface area contributed by atoms with E-state index < -0.39 is 18.4 Å². The minimum atomic E-state index is -0.802. The molecular weight excluding hydrogens is 334 g/mol. The lowest BCUT2D eigenvalue weighted by Gasteiger charge is -2.23. The summed E-state index contributed by atoms with van der Waals surface area (Å²) in [6.07, 6.45) is 0.907. The van der Waals surface area contributed by atoms with Crippen molar-refractivity contribution in [2.45, 2.75) is 38.8 Å². The second kappa shape index (κ2) is 6.98. The highest BCUT2D eigenvalue weighted by atomic mass is 35.5. The number of fused-ring (bicyclic) bond motifs is 1. The standard InChI is InChI=1S/C16H25N3O4.ClH/c1-16(2)9-6-18-13(12(9)16)15(23)19-10(11(21)7-20)5-8-3-4-17-14(8)22;/h8-10,12-13,18,20H,3-7H2,1-2H3,(H,17,22)(H,19,23);1H/t8-,9?,10-,12?,13?;/m0./s1. The number of amides is 2. The predicted octanol–water partition coefficient (Wildman–Crippen LogP) is -0.775. The van der Waals surface area contributed by atoms with Gasteiger partial charge in [0.05, 0.1) is 12.1 Å². The van der Waals surface area contributed by atoms with Crippen molar-refractivity contribution in [3.8, 4) is 0 Å². The summed E-state index contributed by atoms with van der Waals surface area (Å²) in [5.41, 5.74) is 0.162. The van der Waals surface area contributed by atoms with Crippen molar-refractivity contribution in [1.82, 2.24) is 16.0 Å². The average Bonchev–Trinajstić information content (AvgIpc) is 2.94. The number of hydrogen-bond donors (Lipinski definition) is 4. The van der Waals surface area contributed by atoms with E-state index in [1.807, 2.05) is 0 Å². The Bertz CT molecular complexity index is 539. The van der Waals surface area contributed by atoms with Crippen LogP contribution in [0.2, 0.25) is 0 Å². The van der Waals surface area contributed by atoms with Crippen LogP contribution in [0, 0.1) is 23.2 Å². The molecule has 0 aromatic carbocycles. The first-order chi connectivity index (χ1) is 10.9. The van der Waals surface area contributed by atoms with Gasteiger partial charge in [0, 0.05) is 12.5 Å². The molecule has 136 valence electrons. The first-order valence-corrected chi connectivity index (χ1v) is 8.31. The van der Waals surface area contributed by atoms with Crippen molar-refractivity contribution in [3.05, 3.63) is 0 Å². The molecule has 2 heterocycles. The molecule has 0 bridgehead atoms. The van der Waals surface area contributed by atoms with Crippen molar-refractivity contribution in [2.24, 2.45) is 23.2 Å². The van der Waals surface area contributed by atoms with E-state index in [2.05, 4.69) is 29.8 Å². The third kappa shape index (κ3) is 3.30. The number of ketones is 1. The van der Waals surface area contributed by atoms with E-state index >= 15 is 0 Å². The van der Waals surface area contributed by atoms with Gasteiger partial charge in [-0.3, -0.25) is 14.4 Å². The van der Waals surface area contributed by atoms with Gasteiger partial charge in [-0.25, -0.2) is 0 Å². The van der Waals surface area contributed by atoms with Crippen molar-refractivity contribution in [3.63, 3.8) is 0 Å². The first kappa shape index (κ1) is 19.1. The SMILES string of the molecule is CC1(C)C2CNC(C(=O)N[C@@H](C[C@@H]3CCNC3=O)C(=O)CO)C21.Cl. The highest BCUT2D eigenvalue weighted by molar-refractivity contribution is 5.92. The zero-order valence-corrected chi connectivity index (χ0v) is 14.8. The van der Waals surface area contributed by atoms with E-state index in [0.29, 0.717) is 24.8 Å². The topological polar surface area (TPSA) is 108 Å². The largest absolute Gasteiger partial charge is 0.389 e. The van der Waals surface area contributed by atoms with Crippen LogP contribution >= 0.6 is 12.4 Å². The Kier molecular flexibility index (Phi) is 5.57. The highest BCUT2D eigenvalue weighted by Crippen LogP contribution is 2.62. The smallest absolute Gasteiger partial charge is 0.238 e. The van der Waals surface area contributed by atoms with Gasteiger partial charge in [-0.2, -0.15) is 0 Å². The summed E-state index contributed by atoms with van der Waals surface area (Å²) in [5, 5.41) is 17.8. The number of hydrogen-bond acceptors (Lipinski definition) is 5. The molecular formula is C16H26ClN3O4. The summed E-state index contributed by atoms with van der Waals surface area (Å²) in [5.74, 6) is -0.209. The molecule has 0 spiro atoms. The van der Waals surface area contributed by atoms with Crippen molar-refractivity contribution >= 4 is 30.0 Å². The Labute approximate surface area is 147 Å². The van der Waals surface area contributed by atoms with Gasteiger partial charge in [-0.15, -0.1) is 12.4 Å². The van der Waals surface area contributed by atoms with E-state index in [1.54, 1.807) is 0 Å². The number of Topliss-reactive ketones (excluding diaryl/α,β-unsaturated/α-hetero) is 1. The molecule has 0 aromatic heterocycles. The minimum absolute atomic E-state index is 0. The molecule has 1 aliphatic carbocycles. The van der Waals surface area contributed by atoms with Gasteiger partial charge in [-0.05, 0) is 36.6 Å². The second-order valence-corrected chi connectivity index (χ2v) is 7.54. The Morgan fingerprint density at radius 3 is 2.62 bits per heavy atom. The average molecular weight is 360 g/mol. The Morgan fingerprint density at radius 1 is 1.42 bits per heavy atom. The third-order valence-electron chi connectivity index (χ3n) is 5.88. The number of halogens is 1. The normalized spacial score (nSPS) is 33.9. The van der Waals surface area contributed by atoms with Gasteiger partial charge in [0.2, 0.25) is 11.8 Å². The summed E-state index contributed by atoms with van der Waals surface area (Å²) < 4.78 is 0. The molecule has 4 N–H and O–H groups in total. The second-order valence-electron chi connectivity index (χ2n) is 7.54. The van der Waals surface area contributed by atoms with Crippen molar-refractivity contribution in [2.75, 3.05) is 19.7 Å². The van der Waals surface area contributed by atoms with Crippen LogP contribution in [-0.2, 0) is 14.4 Å². The summed E-state index contributed by atoms with van der Waals surface area (Å²) in [6, 6.07) is -1.09. The Hall–Kier alpha value is -1.18. The van der Waals surface area contributed by atoms with Crippen LogP contribution in [0.4, 0.5) is 0 Å². The highest BCUT2D eigenvalue weighted by Gasteiger charge is 2.65. The number of aliphatic hydroxyl groups is 1. The van der Waals surface area contributed by atoms with Crippen LogP contribution in [0.3, 0.4) is 0 Å². The fraction of sp³-hybridized carbons (Fsp3) is 0.812. The van der Waals surface area contributed by atoms with Crippen LogP contribution in [0.25, 0.3) is 0 Å². The lowest BCUT2D eigenvalue weighted by Crippen LogP contribution is -2.51. The van der Waals surface area contributed by atoms with Gasteiger partial charge in [0.25, 0.3) is 0 Å². The van der Waals surface area contributed by atoms with Crippen molar-refractivity contribution in [1.29, 1.82) is 0 Å². The molecule has 2 amide bonds. The van der Waals surface area contributed by atoms with E-state index in [4.69, 9.17) is 5.11 Å².